The lowest BCUT2D eigenvalue weighted by Crippen LogP contribution is -2.22. The Balaban J connectivity index is 1.68. The molecule has 0 fully saturated rings. The minimum atomic E-state index is -2.93. The number of hydrogen-bond donors (Lipinski definition) is 3. The standard InChI is InChI=1S/C25H25F2N7O3/c1-14-11-16(9-10-17(14)24(36)34(2)3)29-25-28-12-18(22-32-33-23(37-22)20(26)27)21(31-25)30-19(13-35)15-7-5-4-6-8-15/h4-12,19-20,35H,13H2,1-3H3,(H2,28,29,30,31)/t19-/m1/s1. The molecule has 0 saturated heterocycles. The predicted molar refractivity (Wildman–Crippen MR) is 133 cm³/mol. The zero-order valence-corrected chi connectivity index (χ0v) is 20.3. The quantitative estimate of drug-likeness (QED) is 0.301. The van der Waals surface area contributed by atoms with Crippen LogP contribution in [0, 0.1) is 6.92 Å². The van der Waals surface area contributed by atoms with Crippen molar-refractivity contribution in [1.82, 2.24) is 25.1 Å². The minimum absolute atomic E-state index is 0.116. The van der Waals surface area contributed by atoms with Gasteiger partial charge in [0.15, 0.2) is 0 Å². The van der Waals surface area contributed by atoms with Crippen molar-refractivity contribution in [3.63, 3.8) is 0 Å². The van der Waals surface area contributed by atoms with Crippen molar-refractivity contribution < 1.29 is 23.1 Å². The lowest BCUT2D eigenvalue weighted by atomic mass is 10.1. The number of hydrogen-bond acceptors (Lipinski definition) is 9. The number of nitrogens with zero attached hydrogens (tertiary/aromatic N) is 5. The molecule has 0 spiro atoms. The third kappa shape index (κ3) is 5.86. The number of halogens is 2. The van der Waals surface area contributed by atoms with Gasteiger partial charge in [0.05, 0.1) is 18.2 Å². The molecule has 0 bridgehead atoms. The molecule has 2 aromatic carbocycles. The van der Waals surface area contributed by atoms with Crippen molar-refractivity contribution in [3.05, 3.63) is 77.3 Å². The molecule has 0 aliphatic carbocycles. The topological polar surface area (TPSA) is 129 Å². The number of aliphatic hydroxyl groups is 1. The summed E-state index contributed by atoms with van der Waals surface area (Å²) < 4.78 is 31.2. The second kappa shape index (κ2) is 11.1. The number of aryl methyl sites for hydroxylation is 1. The van der Waals surface area contributed by atoms with Gasteiger partial charge in [-0.05, 0) is 36.2 Å². The summed E-state index contributed by atoms with van der Waals surface area (Å²) >= 11 is 0. The third-order valence-electron chi connectivity index (χ3n) is 5.46. The van der Waals surface area contributed by atoms with Gasteiger partial charge in [-0.25, -0.2) is 4.98 Å². The SMILES string of the molecule is Cc1cc(Nc2ncc(-c3nnc(C(F)F)o3)c(N[C@H](CO)c3ccccc3)n2)ccc1C(=O)N(C)C. The summed E-state index contributed by atoms with van der Waals surface area (Å²) in [5.41, 5.74) is 2.91. The van der Waals surface area contributed by atoms with E-state index in [1.165, 1.54) is 11.1 Å². The second-order valence-electron chi connectivity index (χ2n) is 8.35. The van der Waals surface area contributed by atoms with Gasteiger partial charge in [0.2, 0.25) is 5.95 Å². The Morgan fingerprint density at radius 1 is 1.14 bits per heavy atom. The number of carbonyl (C=O) groups excluding carboxylic acids is 1. The first-order valence-electron chi connectivity index (χ1n) is 11.3. The number of aromatic nitrogens is 4. The average Bonchev–Trinajstić information content (AvgIpc) is 3.38. The molecule has 4 rings (SSSR count). The second-order valence-corrected chi connectivity index (χ2v) is 8.35. The van der Waals surface area contributed by atoms with E-state index in [0.717, 1.165) is 11.1 Å². The number of carbonyl (C=O) groups is 1. The average molecular weight is 510 g/mol. The molecule has 2 aromatic heterocycles. The molecular formula is C25H25F2N7O3. The third-order valence-corrected chi connectivity index (χ3v) is 5.46. The molecule has 1 atom stereocenters. The summed E-state index contributed by atoms with van der Waals surface area (Å²) in [5, 5.41) is 23.3. The number of amides is 1. The molecule has 37 heavy (non-hydrogen) atoms. The van der Waals surface area contributed by atoms with Gasteiger partial charge in [-0.1, -0.05) is 30.3 Å². The van der Waals surface area contributed by atoms with Crippen LogP contribution in [0.4, 0.5) is 26.2 Å². The van der Waals surface area contributed by atoms with Gasteiger partial charge < -0.3 is 25.1 Å². The fourth-order valence-corrected chi connectivity index (χ4v) is 3.58. The van der Waals surface area contributed by atoms with E-state index < -0.39 is 18.4 Å². The molecule has 4 aromatic rings. The van der Waals surface area contributed by atoms with E-state index in [2.05, 4.69) is 30.8 Å². The summed E-state index contributed by atoms with van der Waals surface area (Å²) in [6.07, 6.45) is -1.57. The maximum absolute atomic E-state index is 13.0. The van der Waals surface area contributed by atoms with Crippen molar-refractivity contribution >= 4 is 23.4 Å². The monoisotopic (exact) mass is 509 g/mol. The molecule has 0 saturated carbocycles. The molecule has 0 aliphatic rings. The van der Waals surface area contributed by atoms with Crippen LogP contribution in [-0.4, -0.2) is 56.8 Å². The first-order valence-corrected chi connectivity index (χ1v) is 11.3. The summed E-state index contributed by atoms with van der Waals surface area (Å²) in [6, 6.07) is 13.8. The fraction of sp³-hybridized carbons (Fsp3) is 0.240. The van der Waals surface area contributed by atoms with Crippen LogP contribution in [-0.2, 0) is 0 Å². The van der Waals surface area contributed by atoms with Crippen LogP contribution in [0.1, 0.15) is 39.8 Å². The summed E-state index contributed by atoms with van der Waals surface area (Å²) in [4.78, 5) is 22.6. The summed E-state index contributed by atoms with van der Waals surface area (Å²) in [5.74, 6) is -0.782. The van der Waals surface area contributed by atoms with Gasteiger partial charge in [-0.15, -0.1) is 10.2 Å². The lowest BCUT2D eigenvalue weighted by Gasteiger charge is -2.19. The van der Waals surface area contributed by atoms with E-state index in [1.807, 2.05) is 37.3 Å². The normalized spacial score (nSPS) is 11.9. The van der Waals surface area contributed by atoms with Gasteiger partial charge in [0.1, 0.15) is 5.82 Å². The Labute approximate surface area is 211 Å². The highest BCUT2D eigenvalue weighted by Gasteiger charge is 2.22. The van der Waals surface area contributed by atoms with E-state index in [1.54, 1.807) is 32.3 Å². The number of alkyl halides is 2. The first kappa shape index (κ1) is 25.6. The molecule has 192 valence electrons. The molecule has 2 heterocycles. The fourth-order valence-electron chi connectivity index (χ4n) is 3.58. The van der Waals surface area contributed by atoms with Crippen LogP contribution < -0.4 is 10.6 Å². The van der Waals surface area contributed by atoms with Crippen LogP contribution in [0.2, 0.25) is 0 Å². The molecule has 0 unspecified atom stereocenters. The smallest absolute Gasteiger partial charge is 0.314 e. The van der Waals surface area contributed by atoms with Crippen LogP contribution >= 0.6 is 0 Å². The van der Waals surface area contributed by atoms with Crippen molar-refractivity contribution in [3.8, 4) is 11.5 Å². The van der Waals surface area contributed by atoms with Gasteiger partial charge in [0.25, 0.3) is 17.7 Å². The highest BCUT2D eigenvalue weighted by Crippen LogP contribution is 2.31. The largest absolute Gasteiger partial charge is 0.415 e. The Bertz CT molecular complexity index is 1380. The van der Waals surface area contributed by atoms with Crippen molar-refractivity contribution in [2.75, 3.05) is 31.3 Å². The molecule has 12 heteroatoms. The molecular weight excluding hydrogens is 484 g/mol. The van der Waals surface area contributed by atoms with Crippen LogP contribution in [0.5, 0.6) is 0 Å². The minimum Gasteiger partial charge on any atom is -0.415 e. The number of aliphatic hydroxyl groups excluding tert-OH is 1. The van der Waals surface area contributed by atoms with Crippen LogP contribution in [0.15, 0.2) is 59.1 Å². The Morgan fingerprint density at radius 3 is 2.51 bits per heavy atom. The highest BCUT2D eigenvalue weighted by atomic mass is 19.3. The Morgan fingerprint density at radius 2 is 1.89 bits per heavy atom. The summed E-state index contributed by atoms with van der Waals surface area (Å²) in [6.45, 7) is 1.55. The maximum atomic E-state index is 13.0. The number of anilines is 3. The highest BCUT2D eigenvalue weighted by molar-refractivity contribution is 5.95. The van der Waals surface area contributed by atoms with Crippen LogP contribution in [0.25, 0.3) is 11.5 Å². The van der Waals surface area contributed by atoms with E-state index in [4.69, 9.17) is 4.42 Å². The molecule has 0 radical (unpaired) electrons. The van der Waals surface area contributed by atoms with Crippen molar-refractivity contribution in [1.29, 1.82) is 0 Å². The van der Waals surface area contributed by atoms with Crippen LogP contribution in [0.3, 0.4) is 0 Å². The van der Waals surface area contributed by atoms with Gasteiger partial charge >= 0.3 is 6.43 Å². The number of rotatable bonds is 9. The van der Waals surface area contributed by atoms with Crippen molar-refractivity contribution in [2.24, 2.45) is 0 Å². The molecule has 1 amide bonds. The van der Waals surface area contributed by atoms with Crippen molar-refractivity contribution in [2.45, 2.75) is 19.4 Å². The van der Waals surface area contributed by atoms with Gasteiger partial charge in [0, 0.05) is 31.5 Å². The van der Waals surface area contributed by atoms with E-state index in [-0.39, 0.29) is 35.7 Å². The van der Waals surface area contributed by atoms with E-state index in [0.29, 0.717) is 11.3 Å². The summed E-state index contributed by atoms with van der Waals surface area (Å²) in [7, 11) is 3.36. The Kier molecular flexibility index (Phi) is 7.68. The maximum Gasteiger partial charge on any atom is 0.314 e. The molecule has 0 aliphatic heterocycles. The van der Waals surface area contributed by atoms with Gasteiger partial charge in [-0.2, -0.15) is 13.8 Å². The predicted octanol–water partition coefficient (Wildman–Crippen LogP) is 4.36. The zero-order chi connectivity index (χ0) is 26.5. The molecule has 3 N–H and O–H groups in total. The molecule has 10 nitrogen and oxygen atoms in total. The zero-order valence-electron chi connectivity index (χ0n) is 20.3. The van der Waals surface area contributed by atoms with E-state index in [9.17, 15) is 18.7 Å². The van der Waals surface area contributed by atoms with Gasteiger partial charge in [-0.3, -0.25) is 4.79 Å². The van der Waals surface area contributed by atoms with E-state index >= 15 is 0 Å². The first-order chi connectivity index (χ1) is 17.8. The number of benzene rings is 2. The lowest BCUT2D eigenvalue weighted by molar-refractivity contribution is 0.0827. The number of nitrogens with one attached hydrogen (secondary N) is 2. The Hall–Kier alpha value is -4.45.